The second-order valence-electron chi connectivity index (χ2n) is 3.79. The smallest absolute Gasteiger partial charge is 0.129 e. The van der Waals surface area contributed by atoms with Gasteiger partial charge in [0.15, 0.2) is 0 Å². The molecule has 1 aromatic heterocycles. The maximum atomic E-state index is 13.6. The summed E-state index contributed by atoms with van der Waals surface area (Å²) in [5.74, 6) is -0.330. The lowest BCUT2D eigenvalue weighted by molar-refractivity contribution is 0.220. The van der Waals surface area contributed by atoms with Crippen LogP contribution in [-0.4, -0.2) is 15.8 Å². The van der Waals surface area contributed by atoms with Gasteiger partial charge in [0.25, 0.3) is 0 Å². The van der Waals surface area contributed by atoms with Gasteiger partial charge in [-0.15, -0.1) is 0 Å². The molecule has 0 bridgehead atoms. The number of fused-ring (bicyclic) bond motifs is 1. The monoisotopic (exact) mass is 235 g/mol. The van der Waals surface area contributed by atoms with Crippen molar-refractivity contribution in [2.24, 2.45) is 0 Å². The fourth-order valence-corrected chi connectivity index (χ4v) is 3.04. The molecule has 2 aliphatic rings. The Balaban J connectivity index is 2.07. The topological polar surface area (TPSA) is 25.2 Å². The summed E-state index contributed by atoms with van der Waals surface area (Å²) in [6.07, 6.45) is 6.58. The summed E-state index contributed by atoms with van der Waals surface area (Å²) in [6.45, 7) is 0. The standard InChI is InChI=1S/C12H10FNOS/c13-10-6-8(15)7-11-9(10)3-5-14-4-1-2-12(14)16-11/h1-6,8,15H,7H2. The number of aliphatic hydroxyl groups excluding tert-OH is 1. The van der Waals surface area contributed by atoms with Gasteiger partial charge < -0.3 is 9.67 Å². The molecule has 1 N–H and O–H groups in total. The molecule has 0 fully saturated rings. The zero-order chi connectivity index (χ0) is 11.1. The zero-order valence-corrected chi connectivity index (χ0v) is 9.25. The van der Waals surface area contributed by atoms with Gasteiger partial charge in [0, 0.05) is 29.3 Å². The summed E-state index contributed by atoms with van der Waals surface area (Å²) in [4.78, 5) is 0.890. The fourth-order valence-electron chi connectivity index (χ4n) is 1.89. The molecule has 0 amide bonds. The Morgan fingerprint density at radius 1 is 1.50 bits per heavy atom. The van der Waals surface area contributed by atoms with E-state index in [0.29, 0.717) is 12.0 Å². The normalized spacial score (nSPS) is 23.6. The molecule has 82 valence electrons. The Bertz CT molecular complexity index is 527. The molecule has 0 radical (unpaired) electrons. The molecule has 0 saturated heterocycles. The van der Waals surface area contributed by atoms with Crippen LogP contribution >= 0.6 is 11.8 Å². The number of thioether (sulfide) groups is 1. The van der Waals surface area contributed by atoms with Crippen molar-refractivity contribution in [3.8, 4) is 0 Å². The van der Waals surface area contributed by atoms with Crippen LogP contribution in [0.25, 0.3) is 6.20 Å². The van der Waals surface area contributed by atoms with E-state index in [1.807, 2.05) is 29.1 Å². The Labute approximate surface area is 96.8 Å². The first-order chi connectivity index (χ1) is 7.74. The highest BCUT2D eigenvalue weighted by atomic mass is 32.2. The molecule has 0 aromatic carbocycles. The van der Waals surface area contributed by atoms with E-state index in [4.69, 9.17) is 0 Å². The Morgan fingerprint density at radius 3 is 3.25 bits per heavy atom. The van der Waals surface area contributed by atoms with Gasteiger partial charge in [-0.2, -0.15) is 0 Å². The van der Waals surface area contributed by atoms with Gasteiger partial charge in [-0.05, 0) is 24.3 Å². The van der Waals surface area contributed by atoms with Crippen molar-refractivity contribution in [2.75, 3.05) is 0 Å². The van der Waals surface area contributed by atoms with Crippen LogP contribution in [0.15, 0.2) is 51.8 Å². The number of allylic oxidation sites excluding steroid dienone is 3. The summed E-state index contributed by atoms with van der Waals surface area (Å²) < 4.78 is 15.6. The molecule has 1 aromatic rings. The Kier molecular flexibility index (Phi) is 2.26. The van der Waals surface area contributed by atoms with E-state index < -0.39 is 6.10 Å². The number of aliphatic hydroxyl groups is 1. The Hall–Kier alpha value is -1.26. The second kappa shape index (κ2) is 3.64. The third-order valence-corrected chi connectivity index (χ3v) is 3.85. The number of aromatic nitrogens is 1. The third-order valence-electron chi connectivity index (χ3n) is 2.66. The number of rotatable bonds is 0. The van der Waals surface area contributed by atoms with E-state index >= 15 is 0 Å². The van der Waals surface area contributed by atoms with E-state index in [-0.39, 0.29) is 5.83 Å². The summed E-state index contributed by atoms with van der Waals surface area (Å²) in [7, 11) is 0. The molecular formula is C12H10FNOS. The van der Waals surface area contributed by atoms with Gasteiger partial charge in [-0.1, -0.05) is 11.8 Å². The largest absolute Gasteiger partial charge is 0.389 e. The first-order valence-electron chi connectivity index (χ1n) is 5.06. The average Bonchev–Trinajstić information content (AvgIpc) is 2.57. The predicted molar refractivity (Wildman–Crippen MR) is 62.5 cm³/mol. The maximum absolute atomic E-state index is 13.6. The van der Waals surface area contributed by atoms with Crippen LogP contribution in [0.2, 0.25) is 0 Å². The third kappa shape index (κ3) is 1.54. The first kappa shape index (κ1) is 9.93. The number of hydrogen-bond donors (Lipinski definition) is 1. The minimum absolute atomic E-state index is 0.330. The van der Waals surface area contributed by atoms with Crippen molar-refractivity contribution in [3.05, 3.63) is 46.8 Å². The molecule has 2 heterocycles. The fraction of sp³-hybridized carbons (Fsp3) is 0.167. The molecule has 1 unspecified atom stereocenters. The number of halogens is 1. The van der Waals surface area contributed by atoms with Gasteiger partial charge in [-0.25, -0.2) is 4.39 Å². The van der Waals surface area contributed by atoms with E-state index in [9.17, 15) is 9.50 Å². The van der Waals surface area contributed by atoms with Crippen LogP contribution in [0.4, 0.5) is 4.39 Å². The van der Waals surface area contributed by atoms with Crippen molar-refractivity contribution in [3.63, 3.8) is 0 Å². The predicted octanol–water partition coefficient (Wildman–Crippen LogP) is 2.94. The van der Waals surface area contributed by atoms with Crippen molar-refractivity contribution in [2.45, 2.75) is 17.6 Å². The molecule has 0 spiro atoms. The van der Waals surface area contributed by atoms with Crippen LogP contribution in [0.5, 0.6) is 0 Å². The second-order valence-corrected chi connectivity index (χ2v) is 4.91. The van der Waals surface area contributed by atoms with E-state index in [1.54, 1.807) is 6.08 Å². The van der Waals surface area contributed by atoms with Crippen molar-refractivity contribution in [1.82, 2.24) is 4.57 Å². The van der Waals surface area contributed by atoms with Crippen LogP contribution in [0.3, 0.4) is 0 Å². The van der Waals surface area contributed by atoms with Crippen LogP contribution in [-0.2, 0) is 0 Å². The summed E-state index contributed by atoms with van der Waals surface area (Å²) in [5, 5.41) is 10.6. The lowest BCUT2D eigenvalue weighted by atomic mass is 10.0. The molecule has 2 nitrogen and oxygen atoms in total. The molecule has 0 saturated carbocycles. The van der Waals surface area contributed by atoms with Gasteiger partial charge in [-0.3, -0.25) is 0 Å². The highest BCUT2D eigenvalue weighted by Crippen LogP contribution is 2.40. The summed E-state index contributed by atoms with van der Waals surface area (Å²) in [6, 6.07) is 3.93. The highest BCUT2D eigenvalue weighted by Gasteiger charge is 2.22. The molecule has 3 rings (SSSR count). The Morgan fingerprint density at radius 2 is 2.38 bits per heavy atom. The highest BCUT2D eigenvalue weighted by molar-refractivity contribution is 8.03. The van der Waals surface area contributed by atoms with Crippen LogP contribution in [0.1, 0.15) is 6.42 Å². The molecule has 4 heteroatoms. The SMILES string of the molecule is OC1C=C(F)C2=C(C1)Sc1cccn1C=C2. The first-order valence-corrected chi connectivity index (χ1v) is 5.87. The minimum Gasteiger partial charge on any atom is -0.389 e. The molecule has 1 aliphatic heterocycles. The van der Waals surface area contributed by atoms with Crippen molar-refractivity contribution < 1.29 is 9.50 Å². The minimum atomic E-state index is -0.707. The van der Waals surface area contributed by atoms with Crippen molar-refractivity contribution >= 4 is 18.0 Å². The lowest BCUT2D eigenvalue weighted by Crippen LogP contribution is -2.09. The molecule has 16 heavy (non-hydrogen) atoms. The van der Waals surface area contributed by atoms with E-state index in [0.717, 1.165) is 9.93 Å². The van der Waals surface area contributed by atoms with Gasteiger partial charge in [0.2, 0.25) is 0 Å². The number of nitrogens with zero attached hydrogens (tertiary/aromatic N) is 1. The van der Waals surface area contributed by atoms with Gasteiger partial charge in [0.1, 0.15) is 5.83 Å². The van der Waals surface area contributed by atoms with Crippen molar-refractivity contribution in [1.29, 1.82) is 0 Å². The van der Waals surface area contributed by atoms with Crippen LogP contribution < -0.4 is 0 Å². The lowest BCUT2D eigenvalue weighted by Gasteiger charge is -2.17. The van der Waals surface area contributed by atoms with Gasteiger partial charge >= 0.3 is 0 Å². The van der Waals surface area contributed by atoms with E-state index in [1.165, 1.54) is 17.8 Å². The van der Waals surface area contributed by atoms with E-state index in [2.05, 4.69) is 0 Å². The number of hydrogen-bond acceptors (Lipinski definition) is 2. The zero-order valence-electron chi connectivity index (χ0n) is 8.43. The van der Waals surface area contributed by atoms with Crippen LogP contribution in [0, 0.1) is 0 Å². The quantitative estimate of drug-likeness (QED) is 0.748. The maximum Gasteiger partial charge on any atom is 0.129 e. The molecule has 1 aliphatic carbocycles. The molecule has 1 atom stereocenters. The van der Waals surface area contributed by atoms with Gasteiger partial charge in [0.05, 0.1) is 11.1 Å². The summed E-state index contributed by atoms with van der Waals surface area (Å²) >= 11 is 1.52. The molecular weight excluding hydrogens is 225 g/mol. The average molecular weight is 235 g/mol. The summed E-state index contributed by atoms with van der Waals surface area (Å²) in [5.41, 5.74) is 0.596.